The molecule has 2 amide bonds. The van der Waals surface area contributed by atoms with Gasteiger partial charge in [-0.3, -0.25) is 9.59 Å². The number of aromatic nitrogens is 1. The van der Waals surface area contributed by atoms with Gasteiger partial charge >= 0.3 is 0 Å². The van der Waals surface area contributed by atoms with Crippen molar-refractivity contribution in [3.8, 4) is 0 Å². The van der Waals surface area contributed by atoms with E-state index in [0.717, 1.165) is 19.4 Å². The van der Waals surface area contributed by atoms with Gasteiger partial charge in [-0.05, 0) is 18.8 Å². The van der Waals surface area contributed by atoms with Crippen LogP contribution < -0.4 is 11.1 Å². The molecular weight excluding hydrogens is 312 g/mol. The highest BCUT2D eigenvalue weighted by molar-refractivity contribution is 7.13. The van der Waals surface area contributed by atoms with E-state index in [1.165, 1.54) is 11.3 Å². The quantitative estimate of drug-likeness (QED) is 0.858. The fourth-order valence-electron chi connectivity index (χ4n) is 2.76. The van der Waals surface area contributed by atoms with Gasteiger partial charge < -0.3 is 16.0 Å². The van der Waals surface area contributed by atoms with E-state index in [-0.39, 0.29) is 30.2 Å². The lowest BCUT2D eigenvalue weighted by Crippen LogP contribution is -2.49. The normalized spacial score (nSPS) is 21.5. The number of thiazole rings is 1. The Hall–Kier alpha value is -1.47. The number of hydrogen-bond donors (Lipinski definition) is 2. The van der Waals surface area contributed by atoms with Crippen molar-refractivity contribution in [3.05, 3.63) is 11.1 Å². The summed E-state index contributed by atoms with van der Waals surface area (Å²) in [5, 5.41) is 5.15. The number of carbonyl (C=O) groups excluding carboxylic acids is 2. The summed E-state index contributed by atoms with van der Waals surface area (Å²) in [7, 11) is 0. The Labute approximate surface area is 141 Å². The highest BCUT2D eigenvalue weighted by Crippen LogP contribution is 2.23. The Kier molecular flexibility index (Phi) is 6.12. The second-order valence-corrected chi connectivity index (χ2v) is 7.43. The first-order valence-corrected chi connectivity index (χ1v) is 9.03. The molecule has 1 fully saturated rings. The molecule has 1 aliphatic rings. The van der Waals surface area contributed by atoms with Crippen molar-refractivity contribution >= 4 is 28.3 Å². The lowest BCUT2D eigenvalue weighted by Gasteiger charge is -2.38. The van der Waals surface area contributed by atoms with Crippen molar-refractivity contribution in [2.24, 2.45) is 17.6 Å². The number of rotatable bonds is 5. The smallest absolute Gasteiger partial charge is 0.228 e. The van der Waals surface area contributed by atoms with Crippen LogP contribution in [-0.4, -0.2) is 40.8 Å². The number of hydrogen-bond acceptors (Lipinski definition) is 5. The molecule has 0 radical (unpaired) electrons. The van der Waals surface area contributed by atoms with Gasteiger partial charge in [0.2, 0.25) is 11.8 Å². The number of piperidine rings is 1. The molecule has 0 bridgehead atoms. The van der Waals surface area contributed by atoms with Crippen LogP contribution in [0.1, 0.15) is 39.3 Å². The first-order valence-electron chi connectivity index (χ1n) is 8.15. The van der Waals surface area contributed by atoms with Gasteiger partial charge in [0.15, 0.2) is 5.13 Å². The van der Waals surface area contributed by atoms with Crippen LogP contribution in [0.4, 0.5) is 5.13 Å². The van der Waals surface area contributed by atoms with Gasteiger partial charge in [-0.1, -0.05) is 20.8 Å². The standard InChI is InChI=1S/C16H26N4O2S/c1-10(2)15(22)19-16-18-12(9-23-16)7-14(21)20-5-4-11(3)6-13(20)8-17/h9-11,13H,4-8,17H2,1-3H3,(H,18,19,22). The lowest BCUT2D eigenvalue weighted by molar-refractivity contribution is -0.134. The van der Waals surface area contributed by atoms with Crippen molar-refractivity contribution < 1.29 is 9.59 Å². The van der Waals surface area contributed by atoms with Crippen molar-refractivity contribution in [3.63, 3.8) is 0 Å². The molecule has 1 aromatic heterocycles. The third-order valence-corrected chi connectivity index (χ3v) is 5.02. The Balaban J connectivity index is 1.95. The highest BCUT2D eigenvalue weighted by Gasteiger charge is 2.29. The molecule has 2 atom stereocenters. The van der Waals surface area contributed by atoms with Gasteiger partial charge in [0.05, 0.1) is 12.1 Å². The summed E-state index contributed by atoms with van der Waals surface area (Å²) < 4.78 is 0. The molecule has 2 heterocycles. The minimum absolute atomic E-state index is 0.0644. The maximum absolute atomic E-state index is 12.5. The van der Waals surface area contributed by atoms with Crippen molar-refractivity contribution in [1.29, 1.82) is 0 Å². The van der Waals surface area contributed by atoms with Crippen LogP contribution in [0.3, 0.4) is 0 Å². The molecule has 128 valence electrons. The predicted molar refractivity (Wildman–Crippen MR) is 92.2 cm³/mol. The molecule has 6 nitrogen and oxygen atoms in total. The Bertz CT molecular complexity index is 558. The third kappa shape index (κ3) is 4.75. The maximum Gasteiger partial charge on any atom is 0.228 e. The number of nitrogens with zero attached hydrogens (tertiary/aromatic N) is 2. The molecule has 2 rings (SSSR count). The Morgan fingerprint density at radius 3 is 2.91 bits per heavy atom. The monoisotopic (exact) mass is 338 g/mol. The Morgan fingerprint density at radius 2 is 2.26 bits per heavy atom. The topological polar surface area (TPSA) is 88.3 Å². The SMILES string of the molecule is CC1CCN(C(=O)Cc2csc(NC(=O)C(C)C)n2)C(CN)C1. The van der Waals surface area contributed by atoms with Crippen molar-refractivity contribution in [1.82, 2.24) is 9.88 Å². The summed E-state index contributed by atoms with van der Waals surface area (Å²) in [5.74, 6) is 0.527. The number of nitrogens with one attached hydrogen (secondary N) is 1. The van der Waals surface area contributed by atoms with Crippen molar-refractivity contribution in [2.45, 2.75) is 46.1 Å². The van der Waals surface area contributed by atoms with Crippen LogP contribution in [0.5, 0.6) is 0 Å². The van der Waals surface area contributed by atoms with E-state index in [1.807, 2.05) is 24.1 Å². The second kappa shape index (κ2) is 7.88. The van der Waals surface area contributed by atoms with E-state index in [2.05, 4.69) is 17.2 Å². The first kappa shape index (κ1) is 17.9. The van der Waals surface area contributed by atoms with E-state index < -0.39 is 0 Å². The summed E-state index contributed by atoms with van der Waals surface area (Å²) in [6, 6.07) is 0.130. The number of likely N-dealkylation sites (tertiary alicyclic amines) is 1. The molecule has 1 aromatic rings. The molecule has 2 unspecified atom stereocenters. The van der Waals surface area contributed by atoms with E-state index in [0.29, 0.717) is 23.3 Å². The fourth-order valence-corrected chi connectivity index (χ4v) is 3.47. The van der Waals surface area contributed by atoms with E-state index >= 15 is 0 Å². The van der Waals surface area contributed by atoms with Crippen LogP contribution >= 0.6 is 11.3 Å². The van der Waals surface area contributed by atoms with E-state index in [1.54, 1.807) is 0 Å². The molecule has 0 spiro atoms. The van der Waals surface area contributed by atoms with Gasteiger partial charge in [-0.2, -0.15) is 0 Å². The molecule has 1 saturated heterocycles. The van der Waals surface area contributed by atoms with Crippen LogP contribution in [0.15, 0.2) is 5.38 Å². The van der Waals surface area contributed by atoms with Crippen LogP contribution in [-0.2, 0) is 16.0 Å². The number of anilines is 1. The summed E-state index contributed by atoms with van der Waals surface area (Å²) >= 11 is 1.35. The molecule has 3 N–H and O–H groups in total. The predicted octanol–water partition coefficient (Wildman–Crippen LogP) is 1.87. The van der Waals surface area contributed by atoms with Gasteiger partial charge in [0.1, 0.15) is 0 Å². The summed E-state index contributed by atoms with van der Waals surface area (Å²) in [6.07, 6.45) is 2.25. The minimum atomic E-state index is -0.0929. The third-order valence-electron chi connectivity index (χ3n) is 4.21. The molecule has 23 heavy (non-hydrogen) atoms. The molecular formula is C16H26N4O2S. The molecule has 0 aliphatic carbocycles. The van der Waals surface area contributed by atoms with E-state index in [9.17, 15) is 9.59 Å². The molecule has 1 aliphatic heterocycles. The fraction of sp³-hybridized carbons (Fsp3) is 0.688. The first-order chi connectivity index (χ1) is 10.9. The van der Waals surface area contributed by atoms with Crippen LogP contribution in [0.25, 0.3) is 0 Å². The zero-order valence-electron chi connectivity index (χ0n) is 14.0. The van der Waals surface area contributed by atoms with Crippen LogP contribution in [0, 0.1) is 11.8 Å². The zero-order chi connectivity index (χ0) is 17.0. The molecule has 0 saturated carbocycles. The molecule has 7 heteroatoms. The highest BCUT2D eigenvalue weighted by atomic mass is 32.1. The van der Waals surface area contributed by atoms with E-state index in [4.69, 9.17) is 5.73 Å². The largest absolute Gasteiger partial charge is 0.338 e. The number of amides is 2. The Morgan fingerprint density at radius 1 is 1.52 bits per heavy atom. The maximum atomic E-state index is 12.5. The van der Waals surface area contributed by atoms with Crippen LogP contribution in [0.2, 0.25) is 0 Å². The molecule has 0 aromatic carbocycles. The average Bonchev–Trinajstić information content (AvgIpc) is 2.93. The zero-order valence-corrected chi connectivity index (χ0v) is 14.9. The number of nitrogens with two attached hydrogens (primary N) is 1. The summed E-state index contributed by atoms with van der Waals surface area (Å²) in [4.78, 5) is 30.4. The van der Waals surface area contributed by atoms with Gasteiger partial charge in [0, 0.05) is 30.4 Å². The summed E-state index contributed by atoms with van der Waals surface area (Å²) in [6.45, 7) is 7.13. The van der Waals surface area contributed by atoms with Crippen molar-refractivity contribution in [2.75, 3.05) is 18.4 Å². The van der Waals surface area contributed by atoms with Gasteiger partial charge in [-0.15, -0.1) is 11.3 Å². The number of carbonyl (C=O) groups is 2. The lowest BCUT2D eigenvalue weighted by atomic mass is 9.92. The van der Waals surface area contributed by atoms with Gasteiger partial charge in [0.25, 0.3) is 0 Å². The van der Waals surface area contributed by atoms with Gasteiger partial charge in [-0.25, -0.2) is 4.98 Å². The second-order valence-electron chi connectivity index (χ2n) is 6.57. The summed E-state index contributed by atoms with van der Waals surface area (Å²) in [5.41, 5.74) is 6.52. The minimum Gasteiger partial charge on any atom is -0.338 e. The average molecular weight is 338 g/mol.